The first kappa shape index (κ1) is 66.8. The molecule has 0 aliphatic carbocycles. The molecule has 0 saturated heterocycles. The smallest absolute Gasteiger partial charge is 0.0681 e. The number of allylic oxidation sites excluding steroid dienone is 2. The Balaban J connectivity index is 0.000000210. The normalized spacial score (nSPS) is 10.9. The van der Waals surface area contributed by atoms with Gasteiger partial charge in [-0.05, 0) is 253 Å². The average Bonchev–Trinajstić information content (AvgIpc) is 0.845. The number of nitrogens with zero attached hydrogens (tertiary/aromatic N) is 4. The summed E-state index contributed by atoms with van der Waals surface area (Å²) in [5, 5.41) is 38.4. The molecule has 11 aromatic carbocycles. The lowest BCUT2D eigenvalue weighted by molar-refractivity contribution is 0.281. The van der Waals surface area contributed by atoms with Gasteiger partial charge in [-0.1, -0.05) is 170 Å². The Morgan fingerprint density at radius 1 is 0.266 bits per heavy atom. The Hall–Kier alpha value is -10.1. The molecular weight excluding hydrogens is 1150 g/mol. The highest BCUT2D eigenvalue weighted by atomic mass is 16.3. The van der Waals surface area contributed by atoms with Crippen molar-refractivity contribution in [3.05, 3.63) is 334 Å². The Kier molecular flexibility index (Phi) is 22.7. The molecule has 0 atom stereocenters. The second-order valence-electron chi connectivity index (χ2n) is 23.8. The molecule has 4 N–H and O–H groups in total. The van der Waals surface area contributed by atoms with Crippen molar-refractivity contribution in [2.45, 2.75) is 81.8 Å². The molecular formula is C86H88N4O4. The van der Waals surface area contributed by atoms with Gasteiger partial charge in [-0.25, -0.2) is 0 Å². The lowest BCUT2D eigenvalue weighted by Crippen LogP contribution is -2.22. The van der Waals surface area contributed by atoms with Crippen LogP contribution in [0.2, 0.25) is 0 Å². The molecule has 0 unspecified atom stereocenters. The van der Waals surface area contributed by atoms with E-state index in [4.69, 9.17) is 0 Å². The third kappa shape index (κ3) is 16.0. The zero-order chi connectivity index (χ0) is 66.1. The monoisotopic (exact) mass is 1240 g/mol. The second-order valence-corrected chi connectivity index (χ2v) is 23.8. The van der Waals surface area contributed by atoms with Gasteiger partial charge in [-0.3, -0.25) is 0 Å². The van der Waals surface area contributed by atoms with Gasteiger partial charge in [-0.2, -0.15) is 0 Å². The highest BCUT2D eigenvalue weighted by Crippen LogP contribution is 2.40. The summed E-state index contributed by atoms with van der Waals surface area (Å²) in [4.78, 5) is 9.27. The van der Waals surface area contributed by atoms with E-state index in [9.17, 15) is 20.4 Å². The summed E-state index contributed by atoms with van der Waals surface area (Å²) in [7, 11) is 0. The summed E-state index contributed by atoms with van der Waals surface area (Å²) < 4.78 is 0. The number of hydrogen-bond acceptors (Lipinski definition) is 8. The molecule has 0 saturated carbocycles. The zero-order valence-corrected chi connectivity index (χ0v) is 55.6. The van der Waals surface area contributed by atoms with Gasteiger partial charge < -0.3 is 40.0 Å². The van der Waals surface area contributed by atoms with Crippen molar-refractivity contribution >= 4 is 56.6 Å². The van der Waals surface area contributed by atoms with Crippen molar-refractivity contribution in [2.75, 3.05) is 45.8 Å². The van der Waals surface area contributed by atoms with E-state index < -0.39 is 0 Å². The molecule has 11 aromatic rings. The van der Waals surface area contributed by atoms with Gasteiger partial charge in [0.1, 0.15) is 0 Å². The molecule has 11 rings (SSSR count). The van der Waals surface area contributed by atoms with Crippen LogP contribution < -0.4 is 19.6 Å². The van der Waals surface area contributed by atoms with Crippen molar-refractivity contribution in [1.82, 2.24) is 0 Å². The van der Waals surface area contributed by atoms with Crippen LogP contribution in [0.5, 0.6) is 0 Å². The molecule has 0 aliphatic rings. The molecule has 0 heterocycles. The predicted octanol–water partition coefficient (Wildman–Crippen LogP) is 20.1. The quantitative estimate of drug-likeness (QED) is 0.0471. The highest BCUT2D eigenvalue weighted by Gasteiger charge is 2.18. The van der Waals surface area contributed by atoms with E-state index in [0.29, 0.717) is 0 Å². The van der Waals surface area contributed by atoms with Crippen molar-refractivity contribution in [2.24, 2.45) is 0 Å². The van der Waals surface area contributed by atoms with E-state index in [1.807, 2.05) is 48.5 Å². The van der Waals surface area contributed by atoms with E-state index >= 15 is 0 Å². The fourth-order valence-electron chi connectivity index (χ4n) is 12.0. The van der Waals surface area contributed by atoms with E-state index in [1.165, 1.54) is 33.6 Å². The summed E-state index contributed by atoms with van der Waals surface area (Å²) in [5.74, 6) is 0. The van der Waals surface area contributed by atoms with Crippen LogP contribution in [0.4, 0.5) is 45.5 Å². The fraction of sp³-hybridized carbons (Fsp3) is 0.186. The molecule has 0 amide bonds. The molecule has 8 nitrogen and oxygen atoms in total. The Labute approximate surface area is 557 Å². The number of benzene rings is 11. The van der Waals surface area contributed by atoms with Crippen LogP contribution in [0.15, 0.2) is 267 Å². The minimum Gasteiger partial charge on any atom is -0.392 e. The number of aliphatic hydroxyl groups is 4. The molecule has 0 aromatic heterocycles. The van der Waals surface area contributed by atoms with Crippen molar-refractivity contribution in [3.8, 4) is 22.3 Å². The summed E-state index contributed by atoms with van der Waals surface area (Å²) in [6, 6.07) is 89.3. The van der Waals surface area contributed by atoms with Crippen molar-refractivity contribution in [1.29, 1.82) is 0 Å². The molecule has 0 radical (unpaired) electrons. The number of hydrogen-bond donors (Lipinski definition) is 4. The van der Waals surface area contributed by atoms with Crippen LogP contribution in [-0.4, -0.2) is 46.6 Å². The van der Waals surface area contributed by atoms with Crippen molar-refractivity contribution < 1.29 is 20.4 Å². The van der Waals surface area contributed by atoms with Crippen LogP contribution >= 0.6 is 0 Å². The van der Waals surface area contributed by atoms with Gasteiger partial charge in [-0.15, -0.1) is 0 Å². The lowest BCUT2D eigenvalue weighted by atomic mass is 9.92. The van der Waals surface area contributed by atoms with Crippen molar-refractivity contribution in [3.63, 3.8) is 0 Å². The minimum absolute atomic E-state index is 0.0142. The fourth-order valence-corrected chi connectivity index (χ4v) is 12.0. The number of aliphatic hydroxyl groups excluding tert-OH is 4. The van der Waals surface area contributed by atoms with E-state index in [-0.39, 0.29) is 26.4 Å². The summed E-state index contributed by atoms with van der Waals surface area (Å²) >= 11 is 0. The van der Waals surface area contributed by atoms with Gasteiger partial charge in [0.2, 0.25) is 0 Å². The van der Waals surface area contributed by atoms with Crippen LogP contribution in [0.3, 0.4) is 0 Å². The van der Waals surface area contributed by atoms with E-state index in [2.05, 4.69) is 293 Å². The van der Waals surface area contributed by atoms with Gasteiger partial charge in [0.25, 0.3) is 0 Å². The maximum atomic E-state index is 9.61. The molecule has 0 bridgehead atoms. The molecule has 0 aliphatic heterocycles. The van der Waals surface area contributed by atoms with Crippen LogP contribution in [0.1, 0.15) is 94.5 Å². The third-order valence-corrected chi connectivity index (χ3v) is 17.9. The number of rotatable bonds is 23. The van der Waals surface area contributed by atoms with E-state index in [1.54, 1.807) is 0 Å². The van der Waals surface area contributed by atoms with Crippen LogP contribution in [0, 0.1) is 27.7 Å². The largest absolute Gasteiger partial charge is 0.392 e. The maximum Gasteiger partial charge on any atom is 0.0681 e. The van der Waals surface area contributed by atoms with Gasteiger partial charge in [0.15, 0.2) is 0 Å². The Morgan fingerprint density at radius 2 is 0.532 bits per heavy atom. The van der Waals surface area contributed by atoms with Gasteiger partial charge in [0, 0.05) is 71.7 Å². The van der Waals surface area contributed by atoms with Crippen LogP contribution in [-0.2, 0) is 26.4 Å². The molecule has 476 valence electrons. The zero-order valence-electron chi connectivity index (χ0n) is 55.6. The average molecular weight is 1240 g/mol. The first-order valence-corrected chi connectivity index (χ1v) is 32.8. The number of aryl methyl sites for hydroxylation is 4. The van der Waals surface area contributed by atoms with Crippen LogP contribution in [0.25, 0.3) is 33.4 Å². The summed E-state index contributed by atoms with van der Waals surface area (Å²) in [5.41, 5.74) is 28.7. The Morgan fingerprint density at radius 3 is 0.819 bits per heavy atom. The molecule has 94 heavy (non-hydrogen) atoms. The van der Waals surface area contributed by atoms with Gasteiger partial charge >= 0.3 is 0 Å². The number of anilines is 8. The van der Waals surface area contributed by atoms with E-state index in [0.717, 1.165) is 138 Å². The first-order chi connectivity index (χ1) is 45.8. The first-order valence-electron chi connectivity index (χ1n) is 32.8. The predicted molar refractivity (Wildman–Crippen MR) is 396 cm³/mol. The maximum absolute atomic E-state index is 9.61. The molecule has 0 spiro atoms. The summed E-state index contributed by atoms with van der Waals surface area (Å²) in [6.07, 6.45) is 4.43. The summed E-state index contributed by atoms with van der Waals surface area (Å²) in [6.45, 7) is 21.2. The molecule has 0 fully saturated rings. The Bertz CT molecular complexity index is 4030. The topological polar surface area (TPSA) is 93.9 Å². The molecule has 8 heteroatoms. The lowest BCUT2D eigenvalue weighted by Gasteiger charge is -2.26. The second kappa shape index (κ2) is 32.0. The highest BCUT2D eigenvalue weighted by molar-refractivity contribution is 5.88. The van der Waals surface area contributed by atoms with Gasteiger partial charge in [0.05, 0.1) is 26.4 Å². The third-order valence-electron chi connectivity index (χ3n) is 17.9. The minimum atomic E-state index is 0.0142. The SMILES string of the molecule is CCN(CC)c1cccc(C(=CC=C(c2ccc(CO)cc2)c2ccc(CO)cc2)c2cccc(N(CC)CC)c2)c1.Cc1ccc(N(c2ccc(CO)cc2)c2ccc(-c3ccc(-c4ccc(N(c5ccc(CO)cc5)c5ccc(C)c(C)c5)cc4)cc3)cc2)cc1C. The standard InChI is InChI=1S/C48H44N2O2.C38H44N2O2/c1-33-5-19-47(29-35(33)3)49(43-21-7-37(31-51)8-22-43)45-25-15-41(16-26-45)39-11-13-40(14-12-39)42-17-27-46(28-18-42)50(44-23-9-38(32-52)10-24-44)48-20-6-34(2)36(4)30-48;1-5-39(6-2)35-13-9-11-33(25-35)38(34-12-10-14-36(26-34)40(7-3)8-4)24-23-37(31-19-15-29(27-41)16-20-31)32-21-17-30(28-42)18-22-32/h5-30,51-52H,31-32H2,1-4H3;9-26,41-42H,5-8,27-28H2,1-4H3.